The molecule has 0 saturated carbocycles. The third kappa shape index (κ3) is 4.59. The number of carbonyl (C=O) groups is 2. The molecule has 104 valence electrons. The molecule has 0 aliphatic rings. The van der Waals surface area contributed by atoms with Crippen molar-refractivity contribution in [2.75, 3.05) is 0 Å². The maximum absolute atomic E-state index is 10.8. The second kappa shape index (κ2) is 6.60. The van der Waals surface area contributed by atoms with Crippen molar-refractivity contribution in [3.05, 3.63) is 28.2 Å². The molecule has 0 fully saturated rings. The number of ether oxygens (including phenoxy) is 1. The first-order valence-electron chi connectivity index (χ1n) is 5.13. The van der Waals surface area contributed by atoms with Gasteiger partial charge in [-0.05, 0) is 12.1 Å². The fourth-order valence-electron chi connectivity index (χ4n) is 1.30. The predicted molar refractivity (Wildman–Crippen MR) is 68.7 cm³/mol. The zero-order chi connectivity index (χ0) is 14.6. The van der Waals surface area contributed by atoms with E-state index >= 15 is 0 Å². The largest absolute Gasteiger partial charge is 0.488 e. The maximum Gasteiger partial charge on any atom is 0.324 e. The molecular weight excluding hydrogens is 297 g/mol. The Morgan fingerprint density at radius 2 is 1.89 bits per heavy atom. The fraction of sp³-hybridized carbons (Fsp3) is 0.273. The van der Waals surface area contributed by atoms with Gasteiger partial charge in [-0.15, -0.1) is 0 Å². The van der Waals surface area contributed by atoms with E-state index in [-0.39, 0.29) is 10.8 Å². The van der Waals surface area contributed by atoms with E-state index in [1.54, 1.807) is 0 Å². The lowest BCUT2D eigenvalue weighted by molar-refractivity contribution is -0.143. The smallest absolute Gasteiger partial charge is 0.324 e. The Balaban J connectivity index is 2.90. The topological polar surface area (TPSA) is 110 Å². The predicted octanol–water partition coefficient (Wildman–Crippen LogP) is 1.63. The second-order valence-corrected chi connectivity index (χ2v) is 4.51. The van der Waals surface area contributed by atoms with Gasteiger partial charge in [-0.25, -0.2) is 0 Å². The van der Waals surface area contributed by atoms with Crippen LogP contribution in [0.1, 0.15) is 6.42 Å². The van der Waals surface area contributed by atoms with Crippen LogP contribution in [0.3, 0.4) is 0 Å². The van der Waals surface area contributed by atoms with Crippen molar-refractivity contribution < 1.29 is 24.5 Å². The van der Waals surface area contributed by atoms with Crippen LogP contribution in [0.5, 0.6) is 5.75 Å². The van der Waals surface area contributed by atoms with Crippen LogP contribution in [-0.2, 0) is 9.59 Å². The minimum Gasteiger partial charge on any atom is -0.488 e. The highest BCUT2D eigenvalue weighted by atomic mass is 35.5. The van der Waals surface area contributed by atoms with Crippen molar-refractivity contribution in [3.63, 3.8) is 0 Å². The molecule has 0 heterocycles. The number of nitrogens with two attached hydrogens (primary N) is 1. The molecule has 0 radical (unpaired) electrons. The Morgan fingerprint density at radius 1 is 1.26 bits per heavy atom. The molecule has 0 amide bonds. The van der Waals surface area contributed by atoms with Crippen molar-refractivity contribution in [2.24, 2.45) is 5.73 Å². The highest BCUT2D eigenvalue weighted by molar-refractivity contribution is 6.42. The molecule has 2 atom stereocenters. The molecule has 0 aliphatic carbocycles. The van der Waals surface area contributed by atoms with Gasteiger partial charge in [-0.2, -0.15) is 0 Å². The molecule has 1 aromatic carbocycles. The van der Waals surface area contributed by atoms with Crippen molar-refractivity contribution in [1.82, 2.24) is 0 Å². The maximum atomic E-state index is 10.8. The van der Waals surface area contributed by atoms with E-state index in [0.29, 0.717) is 5.02 Å². The summed E-state index contributed by atoms with van der Waals surface area (Å²) in [6, 6.07) is 2.78. The summed E-state index contributed by atoms with van der Waals surface area (Å²) in [7, 11) is 0. The summed E-state index contributed by atoms with van der Waals surface area (Å²) in [6.45, 7) is 0. The van der Waals surface area contributed by atoms with Crippen molar-refractivity contribution >= 4 is 35.1 Å². The third-order valence-corrected chi connectivity index (χ3v) is 2.98. The monoisotopic (exact) mass is 307 g/mol. The lowest BCUT2D eigenvalue weighted by Crippen LogP contribution is -2.46. The van der Waals surface area contributed by atoms with E-state index in [0.717, 1.165) is 0 Å². The Morgan fingerprint density at radius 3 is 2.37 bits per heavy atom. The normalized spacial score (nSPS) is 13.6. The van der Waals surface area contributed by atoms with Crippen LogP contribution in [0.4, 0.5) is 0 Å². The number of halogens is 2. The van der Waals surface area contributed by atoms with E-state index in [2.05, 4.69) is 0 Å². The first-order chi connectivity index (χ1) is 8.81. The number of carboxylic acid groups (broad SMARTS) is 2. The molecule has 0 saturated heterocycles. The summed E-state index contributed by atoms with van der Waals surface area (Å²) >= 11 is 11.5. The number of hydrogen-bond donors (Lipinski definition) is 3. The Labute approximate surface area is 118 Å². The van der Waals surface area contributed by atoms with E-state index < -0.39 is 30.5 Å². The standard InChI is InChI=1S/C11H11Cl2NO5/c12-6-2-1-5(3-7(6)13)19-8(4-9(15)16)10(14)11(17)18/h1-3,8,10H,4,14H2,(H,15,16)(H,17,18). The number of aliphatic carboxylic acids is 2. The van der Waals surface area contributed by atoms with Crippen LogP contribution in [0.2, 0.25) is 10.0 Å². The second-order valence-electron chi connectivity index (χ2n) is 3.69. The number of benzene rings is 1. The quantitative estimate of drug-likeness (QED) is 0.736. The van der Waals surface area contributed by atoms with Gasteiger partial charge in [0.05, 0.1) is 16.5 Å². The zero-order valence-corrected chi connectivity index (χ0v) is 11.1. The van der Waals surface area contributed by atoms with Gasteiger partial charge >= 0.3 is 11.9 Å². The van der Waals surface area contributed by atoms with Crippen molar-refractivity contribution in [3.8, 4) is 5.75 Å². The van der Waals surface area contributed by atoms with E-state index in [1.165, 1.54) is 18.2 Å². The molecule has 1 rings (SSSR count). The molecule has 8 heteroatoms. The molecule has 0 aromatic heterocycles. The van der Waals surface area contributed by atoms with Gasteiger partial charge in [-0.1, -0.05) is 23.2 Å². The lowest BCUT2D eigenvalue weighted by Gasteiger charge is -2.21. The third-order valence-electron chi connectivity index (χ3n) is 2.24. The first-order valence-corrected chi connectivity index (χ1v) is 5.88. The zero-order valence-electron chi connectivity index (χ0n) is 9.55. The Bertz CT molecular complexity index is 494. The number of hydrogen-bond acceptors (Lipinski definition) is 4. The minimum atomic E-state index is -1.47. The first kappa shape index (κ1) is 15.6. The van der Waals surface area contributed by atoms with Gasteiger partial charge in [0.2, 0.25) is 0 Å². The average molecular weight is 308 g/mol. The lowest BCUT2D eigenvalue weighted by atomic mass is 10.1. The Hall–Kier alpha value is -1.50. The molecular formula is C11H11Cl2NO5. The fourth-order valence-corrected chi connectivity index (χ4v) is 1.59. The Kier molecular flexibility index (Phi) is 5.41. The van der Waals surface area contributed by atoms with Gasteiger partial charge in [0, 0.05) is 6.07 Å². The molecule has 1 aromatic rings. The highest BCUT2D eigenvalue weighted by Crippen LogP contribution is 2.27. The van der Waals surface area contributed by atoms with Crippen LogP contribution < -0.4 is 10.5 Å². The molecule has 2 unspecified atom stereocenters. The summed E-state index contributed by atoms with van der Waals surface area (Å²) < 4.78 is 5.25. The minimum absolute atomic E-state index is 0.192. The summed E-state index contributed by atoms with van der Waals surface area (Å²) in [5, 5.41) is 18.0. The van der Waals surface area contributed by atoms with Crippen LogP contribution in [0, 0.1) is 0 Å². The SMILES string of the molecule is NC(C(=O)O)C(CC(=O)O)Oc1ccc(Cl)c(Cl)c1. The summed E-state index contributed by atoms with van der Waals surface area (Å²) in [6.07, 6.45) is -1.76. The molecule has 6 nitrogen and oxygen atoms in total. The van der Waals surface area contributed by atoms with E-state index in [1.807, 2.05) is 0 Å². The average Bonchev–Trinajstić information content (AvgIpc) is 2.31. The molecule has 0 bridgehead atoms. The van der Waals surface area contributed by atoms with Crippen LogP contribution in [0.15, 0.2) is 18.2 Å². The molecule has 0 aliphatic heterocycles. The van der Waals surface area contributed by atoms with Gasteiger partial charge in [0.1, 0.15) is 17.9 Å². The molecule has 4 N–H and O–H groups in total. The van der Waals surface area contributed by atoms with Gasteiger partial charge in [0.15, 0.2) is 0 Å². The number of rotatable bonds is 6. The van der Waals surface area contributed by atoms with E-state index in [4.69, 9.17) is 43.9 Å². The van der Waals surface area contributed by atoms with Crippen LogP contribution in [0.25, 0.3) is 0 Å². The van der Waals surface area contributed by atoms with Gasteiger partial charge < -0.3 is 20.7 Å². The molecule has 19 heavy (non-hydrogen) atoms. The summed E-state index contributed by atoms with van der Waals surface area (Å²) in [5.74, 6) is -2.38. The van der Waals surface area contributed by atoms with Gasteiger partial charge in [-0.3, -0.25) is 9.59 Å². The van der Waals surface area contributed by atoms with Crippen molar-refractivity contribution in [1.29, 1.82) is 0 Å². The summed E-state index contributed by atoms with van der Waals surface area (Å²) in [4.78, 5) is 21.5. The number of carboxylic acids is 2. The van der Waals surface area contributed by atoms with Crippen molar-refractivity contribution in [2.45, 2.75) is 18.6 Å². The molecule has 0 spiro atoms. The highest BCUT2D eigenvalue weighted by Gasteiger charge is 2.28. The summed E-state index contributed by atoms with van der Waals surface area (Å²) in [5.41, 5.74) is 5.38. The van der Waals surface area contributed by atoms with E-state index in [9.17, 15) is 9.59 Å². The van der Waals surface area contributed by atoms with Crippen LogP contribution in [-0.4, -0.2) is 34.3 Å². The van der Waals surface area contributed by atoms with Crippen LogP contribution >= 0.6 is 23.2 Å². The van der Waals surface area contributed by atoms with Gasteiger partial charge in [0.25, 0.3) is 0 Å².